The quantitative estimate of drug-likeness (QED) is 0.794. The van der Waals surface area contributed by atoms with Gasteiger partial charge in [0, 0.05) is 19.5 Å². The SMILES string of the molecule is CCN(C[C@@H](O)COC(C)(C)C)C[C@H]1CC(c2ccccc2)=NO1. The number of likely N-dealkylation sites (N-methyl/N-ethyl adjacent to an activating group) is 1. The van der Waals surface area contributed by atoms with Crippen molar-refractivity contribution in [2.45, 2.75) is 51.9 Å². The normalized spacial score (nSPS) is 19.2. The van der Waals surface area contributed by atoms with Gasteiger partial charge in [0.15, 0.2) is 0 Å². The molecule has 2 atom stereocenters. The summed E-state index contributed by atoms with van der Waals surface area (Å²) in [7, 11) is 0. The van der Waals surface area contributed by atoms with E-state index in [2.05, 4.69) is 29.1 Å². The minimum atomic E-state index is -0.500. The second kappa shape index (κ2) is 8.60. The van der Waals surface area contributed by atoms with Crippen LogP contribution >= 0.6 is 0 Å². The van der Waals surface area contributed by atoms with Crippen LogP contribution in [0.5, 0.6) is 0 Å². The Bertz CT molecular complexity index is 525. The molecule has 1 aromatic rings. The summed E-state index contributed by atoms with van der Waals surface area (Å²) >= 11 is 0. The molecule has 5 nitrogen and oxygen atoms in total. The van der Waals surface area contributed by atoms with Gasteiger partial charge >= 0.3 is 0 Å². The fourth-order valence-electron chi connectivity index (χ4n) is 2.64. The Hall–Kier alpha value is -1.43. The van der Waals surface area contributed by atoms with Gasteiger partial charge in [-0.15, -0.1) is 0 Å². The molecule has 1 aliphatic rings. The van der Waals surface area contributed by atoms with E-state index in [-0.39, 0.29) is 11.7 Å². The van der Waals surface area contributed by atoms with E-state index < -0.39 is 6.10 Å². The zero-order valence-corrected chi connectivity index (χ0v) is 15.2. The van der Waals surface area contributed by atoms with E-state index in [4.69, 9.17) is 9.57 Å². The summed E-state index contributed by atoms with van der Waals surface area (Å²) < 4.78 is 5.65. The summed E-state index contributed by atoms with van der Waals surface area (Å²) in [6.45, 7) is 10.6. The highest BCUT2D eigenvalue weighted by molar-refractivity contribution is 6.01. The number of hydrogen-bond acceptors (Lipinski definition) is 5. The Morgan fingerprint density at radius 3 is 2.67 bits per heavy atom. The van der Waals surface area contributed by atoms with Crippen molar-refractivity contribution in [1.29, 1.82) is 0 Å². The van der Waals surface area contributed by atoms with E-state index in [0.717, 1.165) is 30.8 Å². The van der Waals surface area contributed by atoms with Crippen LogP contribution in [0.15, 0.2) is 35.5 Å². The van der Waals surface area contributed by atoms with Crippen LogP contribution in [0.4, 0.5) is 0 Å². The maximum absolute atomic E-state index is 10.2. The highest BCUT2D eigenvalue weighted by atomic mass is 16.6. The topological polar surface area (TPSA) is 54.3 Å². The van der Waals surface area contributed by atoms with Gasteiger partial charge in [0.1, 0.15) is 6.10 Å². The molecule has 0 unspecified atom stereocenters. The average molecular weight is 334 g/mol. The van der Waals surface area contributed by atoms with E-state index >= 15 is 0 Å². The van der Waals surface area contributed by atoms with Crippen LogP contribution in [-0.4, -0.2) is 59.8 Å². The molecule has 24 heavy (non-hydrogen) atoms. The molecule has 0 saturated heterocycles. The van der Waals surface area contributed by atoms with Gasteiger partial charge in [-0.3, -0.25) is 4.90 Å². The van der Waals surface area contributed by atoms with Crippen LogP contribution in [0.25, 0.3) is 0 Å². The van der Waals surface area contributed by atoms with Crippen LogP contribution < -0.4 is 0 Å². The van der Waals surface area contributed by atoms with Crippen molar-refractivity contribution in [3.63, 3.8) is 0 Å². The van der Waals surface area contributed by atoms with E-state index in [1.807, 2.05) is 39.0 Å². The molecule has 0 aromatic heterocycles. The van der Waals surface area contributed by atoms with Crippen molar-refractivity contribution in [2.24, 2.45) is 5.16 Å². The molecule has 1 aromatic carbocycles. The number of aliphatic hydroxyl groups is 1. The number of rotatable bonds is 8. The molecule has 0 bridgehead atoms. The molecule has 0 aliphatic carbocycles. The van der Waals surface area contributed by atoms with E-state index in [0.29, 0.717) is 13.2 Å². The number of ether oxygens (including phenoxy) is 1. The van der Waals surface area contributed by atoms with Crippen molar-refractivity contribution in [3.8, 4) is 0 Å². The van der Waals surface area contributed by atoms with E-state index in [9.17, 15) is 5.11 Å². The number of oxime groups is 1. The first kappa shape index (κ1) is 18.9. The predicted molar refractivity (Wildman–Crippen MR) is 96.3 cm³/mol. The van der Waals surface area contributed by atoms with Gasteiger partial charge in [-0.1, -0.05) is 42.4 Å². The van der Waals surface area contributed by atoms with Crippen molar-refractivity contribution in [2.75, 3.05) is 26.2 Å². The molecular formula is C19H30N2O3. The standard InChI is InChI=1S/C19H30N2O3/c1-5-21(12-16(22)14-23-19(2,3)4)13-17-11-18(20-24-17)15-9-7-6-8-10-15/h6-10,16-17,22H,5,11-14H2,1-4H3/t16-,17-/m1/s1. The summed E-state index contributed by atoms with van der Waals surface area (Å²) in [5.41, 5.74) is 1.88. The second-order valence-electron chi connectivity index (χ2n) is 7.26. The number of benzene rings is 1. The van der Waals surface area contributed by atoms with Crippen LogP contribution in [-0.2, 0) is 9.57 Å². The lowest BCUT2D eigenvalue weighted by Crippen LogP contribution is -2.40. The highest BCUT2D eigenvalue weighted by Crippen LogP contribution is 2.17. The lowest BCUT2D eigenvalue weighted by Gasteiger charge is -2.27. The van der Waals surface area contributed by atoms with Crippen molar-refractivity contribution in [1.82, 2.24) is 4.90 Å². The summed E-state index contributed by atoms with van der Waals surface area (Å²) in [6, 6.07) is 10.1. The summed E-state index contributed by atoms with van der Waals surface area (Å²) in [5, 5.41) is 14.4. The lowest BCUT2D eigenvalue weighted by atomic mass is 10.0. The number of nitrogens with zero attached hydrogens (tertiary/aromatic N) is 2. The Labute approximate surface area is 145 Å². The average Bonchev–Trinajstić information content (AvgIpc) is 3.01. The van der Waals surface area contributed by atoms with Gasteiger partial charge < -0.3 is 14.7 Å². The van der Waals surface area contributed by atoms with Crippen LogP contribution in [0.3, 0.4) is 0 Å². The zero-order valence-electron chi connectivity index (χ0n) is 15.2. The smallest absolute Gasteiger partial charge is 0.145 e. The van der Waals surface area contributed by atoms with Gasteiger partial charge in [-0.2, -0.15) is 0 Å². The first-order valence-corrected chi connectivity index (χ1v) is 8.70. The van der Waals surface area contributed by atoms with Gasteiger partial charge in [-0.05, 0) is 32.9 Å². The fourth-order valence-corrected chi connectivity index (χ4v) is 2.64. The summed E-state index contributed by atoms with van der Waals surface area (Å²) in [5.74, 6) is 0. The van der Waals surface area contributed by atoms with Gasteiger partial charge in [-0.25, -0.2) is 0 Å². The molecular weight excluding hydrogens is 304 g/mol. The monoisotopic (exact) mass is 334 g/mol. The molecule has 1 heterocycles. The molecule has 1 aliphatic heterocycles. The molecule has 1 N–H and O–H groups in total. The van der Waals surface area contributed by atoms with Gasteiger partial charge in [0.05, 0.1) is 24.0 Å². The molecule has 0 saturated carbocycles. The Balaban J connectivity index is 1.78. The van der Waals surface area contributed by atoms with Crippen LogP contribution in [0.1, 0.15) is 39.7 Å². The highest BCUT2D eigenvalue weighted by Gasteiger charge is 2.25. The minimum absolute atomic E-state index is 0.0379. The van der Waals surface area contributed by atoms with Crippen molar-refractivity contribution >= 4 is 5.71 Å². The largest absolute Gasteiger partial charge is 0.390 e. The third-order valence-electron chi connectivity index (χ3n) is 3.93. The maximum Gasteiger partial charge on any atom is 0.145 e. The number of hydrogen-bond donors (Lipinski definition) is 1. The zero-order chi connectivity index (χ0) is 17.6. The van der Waals surface area contributed by atoms with Gasteiger partial charge in [0.2, 0.25) is 0 Å². The minimum Gasteiger partial charge on any atom is -0.390 e. The molecule has 0 radical (unpaired) electrons. The van der Waals surface area contributed by atoms with Crippen molar-refractivity contribution in [3.05, 3.63) is 35.9 Å². The molecule has 0 spiro atoms. The summed E-state index contributed by atoms with van der Waals surface area (Å²) in [4.78, 5) is 7.77. The second-order valence-corrected chi connectivity index (χ2v) is 7.26. The third-order valence-corrected chi connectivity index (χ3v) is 3.93. The molecule has 5 heteroatoms. The van der Waals surface area contributed by atoms with E-state index in [1.165, 1.54) is 0 Å². The Kier molecular flexibility index (Phi) is 6.78. The first-order valence-electron chi connectivity index (χ1n) is 8.70. The Morgan fingerprint density at radius 1 is 1.33 bits per heavy atom. The summed E-state index contributed by atoms with van der Waals surface area (Å²) in [6.07, 6.45) is 0.339. The fraction of sp³-hybridized carbons (Fsp3) is 0.632. The van der Waals surface area contributed by atoms with Crippen molar-refractivity contribution < 1.29 is 14.7 Å². The third kappa shape index (κ3) is 6.23. The first-order chi connectivity index (χ1) is 11.4. The lowest BCUT2D eigenvalue weighted by molar-refractivity contribution is -0.0588. The Morgan fingerprint density at radius 2 is 2.04 bits per heavy atom. The number of aliphatic hydroxyl groups excluding tert-OH is 1. The van der Waals surface area contributed by atoms with E-state index in [1.54, 1.807) is 0 Å². The molecule has 2 rings (SSSR count). The van der Waals surface area contributed by atoms with Gasteiger partial charge in [0.25, 0.3) is 0 Å². The van der Waals surface area contributed by atoms with Crippen LogP contribution in [0, 0.1) is 0 Å². The molecule has 134 valence electrons. The predicted octanol–water partition coefficient (Wildman–Crippen LogP) is 2.68. The molecule has 0 fully saturated rings. The maximum atomic E-state index is 10.2. The van der Waals surface area contributed by atoms with Crippen LogP contribution in [0.2, 0.25) is 0 Å². The molecule has 0 amide bonds.